The van der Waals surface area contributed by atoms with Crippen molar-refractivity contribution < 1.29 is 19.1 Å². The first-order valence-corrected chi connectivity index (χ1v) is 8.58. The number of amides is 2. The molecule has 0 aromatic rings. The second-order valence-corrected chi connectivity index (χ2v) is 7.38. The van der Waals surface area contributed by atoms with Gasteiger partial charge in [-0.15, -0.1) is 6.58 Å². The number of hydrogen-bond acceptors (Lipinski definition) is 5. The quantitative estimate of drug-likeness (QED) is 0.541. The van der Waals surface area contributed by atoms with E-state index in [9.17, 15) is 14.4 Å². The Morgan fingerprint density at radius 2 is 1.91 bits per heavy atom. The van der Waals surface area contributed by atoms with Gasteiger partial charge in [0.05, 0.1) is 0 Å². The van der Waals surface area contributed by atoms with Crippen LogP contribution in [-0.2, 0) is 14.3 Å². The Balaban J connectivity index is 4.58. The summed E-state index contributed by atoms with van der Waals surface area (Å²) in [7, 11) is 0. The molecule has 132 valence electrons. The van der Waals surface area contributed by atoms with Crippen molar-refractivity contribution in [1.29, 1.82) is 0 Å². The van der Waals surface area contributed by atoms with Gasteiger partial charge in [-0.25, -0.2) is 9.59 Å². The third-order valence-electron chi connectivity index (χ3n) is 2.66. The Bertz CT molecular complexity index is 432. The molecular weight excluding hydrogens is 316 g/mol. The molecule has 0 aromatic carbocycles. The monoisotopic (exact) mass is 344 g/mol. The standard InChI is InChI=1S/C16H28N2O4S/c1-7-8-9-18(10-11-23-13(3)19)15(21)17-12(2)14(20)22-16(4,5)6/h7,12H,1,8-11H2,2-6H3,(H,17,21)/t12-/m0/s1. The van der Waals surface area contributed by atoms with Crippen molar-refractivity contribution in [3.63, 3.8) is 0 Å². The summed E-state index contributed by atoms with van der Waals surface area (Å²) in [6.07, 6.45) is 2.36. The van der Waals surface area contributed by atoms with Gasteiger partial charge in [-0.3, -0.25) is 4.79 Å². The summed E-state index contributed by atoms with van der Waals surface area (Å²) in [5.41, 5.74) is -0.600. The second-order valence-electron chi connectivity index (χ2n) is 6.11. The molecule has 0 unspecified atom stereocenters. The summed E-state index contributed by atoms with van der Waals surface area (Å²) in [6, 6.07) is -1.09. The summed E-state index contributed by atoms with van der Waals surface area (Å²) in [5.74, 6) is 0.0356. The highest BCUT2D eigenvalue weighted by atomic mass is 32.2. The average Bonchev–Trinajstić information content (AvgIpc) is 2.40. The van der Waals surface area contributed by atoms with Gasteiger partial charge < -0.3 is 15.0 Å². The van der Waals surface area contributed by atoms with Crippen LogP contribution in [0.25, 0.3) is 0 Å². The van der Waals surface area contributed by atoms with Gasteiger partial charge in [0.2, 0.25) is 0 Å². The maximum atomic E-state index is 12.3. The van der Waals surface area contributed by atoms with Crippen molar-refractivity contribution in [2.24, 2.45) is 0 Å². The molecule has 23 heavy (non-hydrogen) atoms. The van der Waals surface area contributed by atoms with E-state index in [2.05, 4.69) is 11.9 Å². The topological polar surface area (TPSA) is 75.7 Å². The lowest BCUT2D eigenvalue weighted by molar-refractivity contribution is -0.156. The minimum absolute atomic E-state index is 0.0104. The van der Waals surface area contributed by atoms with Gasteiger partial charge in [0, 0.05) is 25.8 Å². The van der Waals surface area contributed by atoms with E-state index in [0.717, 1.165) is 0 Å². The predicted octanol–water partition coefficient (Wildman–Crippen LogP) is 2.58. The Labute approximate surface area is 143 Å². The molecule has 0 aliphatic rings. The number of carbonyl (C=O) groups excluding carboxylic acids is 3. The van der Waals surface area contributed by atoms with E-state index in [0.29, 0.717) is 25.3 Å². The molecule has 1 N–H and O–H groups in total. The van der Waals surface area contributed by atoms with Crippen LogP contribution in [0.1, 0.15) is 41.0 Å². The molecule has 0 fully saturated rings. The van der Waals surface area contributed by atoms with Crippen molar-refractivity contribution >= 4 is 28.9 Å². The summed E-state index contributed by atoms with van der Waals surface area (Å²) >= 11 is 1.17. The fourth-order valence-electron chi connectivity index (χ4n) is 1.59. The van der Waals surface area contributed by atoms with Crippen molar-refractivity contribution in [3.8, 4) is 0 Å². The van der Waals surface area contributed by atoms with E-state index in [1.807, 2.05) is 0 Å². The van der Waals surface area contributed by atoms with Crippen LogP contribution in [0.2, 0.25) is 0 Å². The second kappa shape index (κ2) is 10.3. The summed E-state index contributed by atoms with van der Waals surface area (Å²) in [5, 5.41) is 2.64. The van der Waals surface area contributed by atoms with Crippen LogP contribution in [0.15, 0.2) is 12.7 Å². The van der Waals surface area contributed by atoms with Crippen LogP contribution in [0.4, 0.5) is 4.79 Å². The number of nitrogens with one attached hydrogen (secondary N) is 1. The highest BCUT2D eigenvalue weighted by Gasteiger charge is 2.24. The highest BCUT2D eigenvalue weighted by molar-refractivity contribution is 8.13. The first-order valence-electron chi connectivity index (χ1n) is 7.59. The minimum atomic E-state index is -0.742. The Morgan fingerprint density at radius 1 is 1.30 bits per heavy atom. The fourth-order valence-corrected chi connectivity index (χ4v) is 2.19. The predicted molar refractivity (Wildman–Crippen MR) is 93.4 cm³/mol. The first kappa shape index (κ1) is 21.5. The van der Waals surface area contributed by atoms with E-state index in [1.165, 1.54) is 18.7 Å². The van der Waals surface area contributed by atoms with Crippen molar-refractivity contribution in [1.82, 2.24) is 10.2 Å². The Kier molecular flexibility index (Phi) is 9.64. The van der Waals surface area contributed by atoms with Gasteiger partial charge in [-0.05, 0) is 34.1 Å². The van der Waals surface area contributed by atoms with Crippen molar-refractivity contribution in [2.75, 3.05) is 18.8 Å². The fraction of sp³-hybridized carbons (Fsp3) is 0.688. The number of hydrogen-bond donors (Lipinski definition) is 1. The van der Waals surface area contributed by atoms with Crippen LogP contribution < -0.4 is 5.32 Å². The van der Waals surface area contributed by atoms with Crippen LogP contribution >= 0.6 is 11.8 Å². The maximum absolute atomic E-state index is 12.3. The molecule has 6 nitrogen and oxygen atoms in total. The van der Waals surface area contributed by atoms with Gasteiger partial charge in [0.15, 0.2) is 5.12 Å². The molecule has 0 rings (SSSR count). The Hall–Kier alpha value is -1.50. The van der Waals surface area contributed by atoms with Crippen LogP contribution in [0.5, 0.6) is 0 Å². The van der Waals surface area contributed by atoms with Crippen LogP contribution in [0.3, 0.4) is 0 Å². The third kappa shape index (κ3) is 10.8. The number of ether oxygens (including phenoxy) is 1. The van der Waals surface area contributed by atoms with Gasteiger partial charge in [-0.1, -0.05) is 17.8 Å². The lowest BCUT2D eigenvalue weighted by atomic mass is 10.2. The minimum Gasteiger partial charge on any atom is -0.458 e. The molecular formula is C16H28N2O4S. The van der Waals surface area contributed by atoms with E-state index >= 15 is 0 Å². The number of nitrogens with zero attached hydrogens (tertiary/aromatic N) is 1. The molecule has 7 heteroatoms. The molecule has 0 heterocycles. The number of rotatable bonds is 8. The number of urea groups is 1. The van der Waals surface area contributed by atoms with Gasteiger partial charge in [-0.2, -0.15) is 0 Å². The first-order chi connectivity index (χ1) is 10.6. The Morgan fingerprint density at radius 3 is 2.39 bits per heavy atom. The zero-order valence-corrected chi connectivity index (χ0v) is 15.5. The molecule has 0 spiro atoms. The molecule has 0 aliphatic carbocycles. The molecule has 0 radical (unpaired) electrons. The molecule has 0 aromatic heterocycles. The number of carbonyl (C=O) groups is 3. The molecule has 1 atom stereocenters. The zero-order valence-electron chi connectivity index (χ0n) is 14.7. The third-order valence-corrected chi connectivity index (χ3v) is 3.45. The molecule has 2 amide bonds. The summed E-state index contributed by atoms with van der Waals surface area (Å²) in [6.45, 7) is 12.9. The van der Waals surface area contributed by atoms with Crippen molar-refractivity contribution in [3.05, 3.63) is 12.7 Å². The molecule has 0 saturated heterocycles. The van der Waals surface area contributed by atoms with E-state index < -0.39 is 17.6 Å². The summed E-state index contributed by atoms with van der Waals surface area (Å²) in [4.78, 5) is 36.7. The SMILES string of the molecule is C=CCCN(CCSC(C)=O)C(=O)N[C@@H](C)C(=O)OC(C)(C)C. The van der Waals surface area contributed by atoms with Crippen molar-refractivity contribution in [2.45, 2.75) is 52.7 Å². The lowest BCUT2D eigenvalue weighted by Crippen LogP contribution is -2.49. The van der Waals surface area contributed by atoms with E-state index in [-0.39, 0.29) is 11.1 Å². The summed E-state index contributed by atoms with van der Waals surface area (Å²) < 4.78 is 5.24. The molecule has 0 aliphatic heterocycles. The van der Waals surface area contributed by atoms with Gasteiger partial charge >= 0.3 is 12.0 Å². The van der Waals surface area contributed by atoms with Gasteiger partial charge in [0.1, 0.15) is 11.6 Å². The van der Waals surface area contributed by atoms with Gasteiger partial charge in [0.25, 0.3) is 0 Å². The van der Waals surface area contributed by atoms with E-state index in [1.54, 1.807) is 38.7 Å². The lowest BCUT2D eigenvalue weighted by Gasteiger charge is -2.26. The zero-order chi connectivity index (χ0) is 18.0. The number of thioether (sulfide) groups is 1. The van der Waals surface area contributed by atoms with Crippen LogP contribution in [-0.4, -0.2) is 52.5 Å². The smallest absolute Gasteiger partial charge is 0.328 e. The molecule has 0 saturated carbocycles. The van der Waals surface area contributed by atoms with E-state index in [4.69, 9.17) is 4.74 Å². The van der Waals surface area contributed by atoms with Crippen LogP contribution in [0, 0.1) is 0 Å². The highest BCUT2D eigenvalue weighted by Crippen LogP contribution is 2.09. The average molecular weight is 344 g/mol. The maximum Gasteiger partial charge on any atom is 0.328 e. The molecule has 0 bridgehead atoms. The normalized spacial score (nSPS) is 12.2. The number of esters is 1. The largest absolute Gasteiger partial charge is 0.458 e.